The third-order valence-electron chi connectivity index (χ3n) is 3.90. The summed E-state index contributed by atoms with van der Waals surface area (Å²) in [6.07, 6.45) is -0.734. The van der Waals surface area contributed by atoms with Gasteiger partial charge in [0.05, 0.1) is 6.04 Å². The van der Waals surface area contributed by atoms with Gasteiger partial charge in [-0.1, -0.05) is 29.8 Å². The SMILES string of the molecule is O[C@@H]1[C@@H](O)[C@@H](O)C(CF)=C[C@H]1NCCCc1ccc(Cl)cc1. The van der Waals surface area contributed by atoms with Crippen molar-refractivity contribution in [3.05, 3.63) is 46.5 Å². The van der Waals surface area contributed by atoms with Gasteiger partial charge in [-0.3, -0.25) is 0 Å². The fourth-order valence-electron chi connectivity index (χ4n) is 2.56. The van der Waals surface area contributed by atoms with Gasteiger partial charge in [0.25, 0.3) is 0 Å². The number of hydrogen-bond donors (Lipinski definition) is 4. The summed E-state index contributed by atoms with van der Waals surface area (Å²) >= 11 is 5.82. The van der Waals surface area contributed by atoms with E-state index in [0.29, 0.717) is 11.6 Å². The number of halogens is 2. The number of benzene rings is 1. The first-order valence-corrected chi connectivity index (χ1v) is 7.69. The number of nitrogens with one attached hydrogen (secondary N) is 1. The second-order valence-corrected chi connectivity index (χ2v) is 5.95. The summed E-state index contributed by atoms with van der Waals surface area (Å²) in [4.78, 5) is 0. The minimum absolute atomic E-state index is 0.105. The van der Waals surface area contributed by atoms with Gasteiger partial charge in [0, 0.05) is 5.02 Å². The Balaban J connectivity index is 1.83. The Morgan fingerprint density at radius 3 is 2.41 bits per heavy atom. The van der Waals surface area contributed by atoms with Gasteiger partial charge in [0.1, 0.15) is 25.0 Å². The highest BCUT2D eigenvalue weighted by molar-refractivity contribution is 6.30. The average Bonchev–Trinajstić information content (AvgIpc) is 2.53. The minimum Gasteiger partial charge on any atom is -0.388 e. The first-order chi connectivity index (χ1) is 10.5. The number of aliphatic hydroxyl groups excluding tert-OH is 3. The van der Waals surface area contributed by atoms with Gasteiger partial charge in [-0.2, -0.15) is 0 Å². The van der Waals surface area contributed by atoms with Crippen molar-refractivity contribution in [2.24, 2.45) is 0 Å². The van der Waals surface area contributed by atoms with Crippen molar-refractivity contribution in [3.8, 4) is 0 Å². The van der Waals surface area contributed by atoms with Crippen molar-refractivity contribution in [2.45, 2.75) is 37.2 Å². The molecule has 0 unspecified atom stereocenters. The van der Waals surface area contributed by atoms with Gasteiger partial charge in [-0.25, -0.2) is 4.39 Å². The van der Waals surface area contributed by atoms with E-state index in [-0.39, 0.29) is 5.57 Å². The van der Waals surface area contributed by atoms with Crippen LogP contribution >= 0.6 is 11.6 Å². The molecule has 1 aliphatic carbocycles. The number of aryl methyl sites for hydroxylation is 1. The average molecular weight is 330 g/mol. The lowest BCUT2D eigenvalue weighted by Gasteiger charge is -2.34. The highest BCUT2D eigenvalue weighted by atomic mass is 35.5. The molecule has 22 heavy (non-hydrogen) atoms. The lowest BCUT2D eigenvalue weighted by molar-refractivity contribution is -0.0628. The molecule has 0 fully saturated rings. The highest BCUT2D eigenvalue weighted by Crippen LogP contribution is 2.21. The lowest BCUT2D eigenvalue weighted by atomic mass is 9.88. The Labute approximate surface area is 134 Å². The molecule has 0 amide bonds. The lowest BCUT2D eigenvalue weighted by Crippen LogP contribution is -2.54. The summed E-state index contributed by atoms with van der Waals surface area (Å²) in [6.45, 7) is -0.239. The number of aliphatic hydroxyl groups is 3. The van der Waals surface area contributed by atoms with Crippen LogP contribution in [0, 0.1) is 0 Å². The van der Waals surface area contributed by atoms with E-state index in [1.165, 1.54) is 6.08 Å². The number of hydrogen-bond acceptors (Lipinski definition) is 4. The molecule has 4 atom stereocenters. The highest BCUT2D eigenvalue weighted by Gasteiger charge is 2.36. The molecule has 0 heterocycles. The number of rotatable bonds is 6. The maximum absolute atomic E-state index is 12.8. The molecule has 0 spiro atoms. The number of alkyl halides is 1. The molecule has 0 bridgehead atoms. The van der Waals surface area contributed by atoms with Crippen LogP contribution in [-0.2, 0) is 6.42 Å². The molecule has 0 saturated carbocycles. The van der Waals surface area contributed by atoms with Crippen LogP contribution in [0.5, 0.6) is 0 Å². The quantitative estimate of drug-likeness (QED) is 0.468. The molecule has 0 radical (unpaired) electrons. The minimum atomic E-state index is -1.37. The topological polar surface area (TPSA) is 72.7 Å². The fraction of sp³-hybridized carbons (Fsp3) is 0.500. The molecule has 122 valence electrons. The Morgan fingerprint density at radius 1 is 1.09 bits per heavy atom. The summed E-state index contributed by atoms with van der Waals surface area (Å²) in [5.41, 5.74) is 1.26. The van der Waals surface area contributed by atoms with Crippen molar-refractivity contribution in [1.29, 1.82) is 0 Å². The van der Waals surface area contributed by atoms with Gasteiger partial charge >= 0.3 is 0 Å². The molecule has 6 heteroatoms. The van der Waals surface area contributed by atoms with Crippen molar-refractivity contribution in [2.75, 3.05) is 13.2 Å². The smallest absolute Gasteiger partial charge is 0.113 e. The Hall–Kier alpha value is -0.980. The van der Waals surface area contributed by atoms with Crippen molar-refractivity contribution < 1.29 is 19.7 Å². The normalized spacial score (nSPS) is 28.5. The first kappa shape index (κ1) is 17.4. The second kappa shape index (κ2) is 8.04. The maximum atomic E-state index is 12.8. The summed E-state index contributed by atoms with van der Waals surface area (Å²) < 4.78 is 12.8. The predicted octanol–water partition coefficient (Wildman–Crippen LogP) is 1.22. The third-order valence-corrected chi connectivity index (χ3v) is 4.16. The zero-order valence-electron chi connectivity index (χ0n) is 12.1. The summed E-state index contributed by atoms with van der Waals surface area (Å²) in [7, 11) is 0. The van der Waals surface area contributed by atoms with Crippen molar-refractivity contribution in [3.63, 3.8) is 0 Å². The van der Waals surface area contributed by atoms with E-state index < -0.39 is 31.0 Å². The zero-order valence-corrected chi connectivity index (χ0v) is 12.9. The molecule has 4 nitrogen and oxygen atoms in total. The summed E-state index contributed by atoms with van der Waals surface area (Å²) in [5.74, 6) is 0. The fourth-order valence-corrected chi connectivity index (χ4v) is 2.69. The van der Waals surface area contributed by atoms with Crippen LogP contribution in [0.3, 0.4) is 0 Å². The van der Waals surface area contributed by atoms with E-state index in [4.69, 9.17) is 11.6 Å². The first-order valence-electron chi connectivity index (χ1n) is 7.31. The van der Waals surface area contributed by atoms with Crippen LogP contribution in [0.1, 0.15) is 12.0 Å². The van der Waals surface area contributed by atoms with E-state index in [2.05, 4.69) is 5.32 Å². The van der Waals surface area contributed by atoms with Gasteiger partial charge < -0.3 is 20.6 Å². The van der Waals surface area contributed by atoms with Crippen LogP contribution in [0.4, 0.5) is 4.39 Å². The van der Waals surface area contributed by atoms with Gasteiger partial charge in [0.2, 0.25) is 0 Å². The Morgan fingerprint density at radius 2 is 1.77 bits per heavy atom. The van der Waals surface area contributed by atoms with E-state index in [1.54, 1.807) is 0 Å². The monoisotopic (exact) mass is 329 g/mol. The predicted molar refractivity (Wildman–Crippen MR) is 83.6 cm³/mol. The molecule has 0 aromatic heterocycles. The summed E-state index contributed by atoms with van der Waals surface area (Å²) in [6, 6.07) is 7.03. The standard InChI is InChI=1S/C16H21ClFNO3/c17-12-5-3-10(4-6-12)2-1-7-19-13-8-11(9-18)14(20)16(22)15(13)21/h3-6,8,13-16,19-22H,1-2,7,9H2/t13-,14+,15+,16+/m1/s1. The molecular weight excluding hydrogens is 309 g/mol. The van der Waals surface area contributed by atoms with Crippen LogP contribution in [0.15, 0.2) is 35.9 Å². The molecule has 0 aliphatic heterocycles. The van der Waals surface area contributed by atoms with Crippen molar-refractivity contribution in [1.82, 2.24) is 5.32 Å². The largest absolute Gasteiger partial charge is 0.388 e. The molecule has 0 saturated heterocycles. The van der Waals surface area contributed by atoms with Gasteiger partial charge in [-0.15, -0.1) is 0 Å². The van der Waals surface area contributed by atoms with E-state index in [0.717, 1.165) is 18.4 Å². The third kappa shape index (κ3) is 4.27. The maximum Gasteiger partial charge on any atom is 0.113 e. The van der Waals surface area contributed by atoms with E-state index >= 15 is 0 Å². The Bertz CT molecular complexity index is 509. The van der Waals surface area contributed by atoms with E-state index in [1.807, 2.05) is 24.3 Å². The molecule has 1 aromatic carbocycles. The molecular formula is C16H21ClFNO3. The van der Waals surface area contributed by atoms with Crippen LogP contribution in [0.2, 0.25) is 5.02 Å². The van der Waals surface area contributed by atoms with Crippen LogP contribution in [-0.4, -0.2) is 52.9 Å². The Kier molecular flexibility index (Phi) is 6.35. The molecule has 1 aromatic rings. The van der Waals surface area contributed by atoms with Crippen LogP contribution in [0.25, 0.3) is 0 Å². The summed E-state index contributed by atoms with van der Waals surface area (Å²) in [5, 5.41) is 33.0. The van der Waals surface area contributed by atoms with Crippen molar-refractivity contribution >= 4 is 11.6 Å². The van der Waals surface area contributed by atoms with Crippen LogP contribution < -0.4 is 5.32 Å². The van der Waals surface area contributed by atoms with Gasteiger partial charge in [0.15, 0.2) is 0 Å². The van der Waals surface area contributed by atoms with E-state index in [9.17, 15) is 19.7 Å². The second-order valence-electron chi connectivity index (χ2n) is 5.51. The van der Waals surface area contributed by atoms with Gasteiger partial charge in [-0.05, 0) is 42.7 Å². The molecule has 2 rings (SSSR count). The molecule has 1 aliphatic rings. The molecule has 4 N–H and O–H groups in total. The zero-order chi connectivity index (χ0) is 16.1.